The zero-order valence-electron chi connectivity index (χ0n) is 10.2. The Morgan fingerprint density at radius 3 is 2.47 bits per heavy atom. The summed E-state index contributed by atoms with van der Waals surface area (Å²) in [5, 5.41) is 11.4. The second-order valence-corrected chi connectivity index (χ2v) is 7.07. The lowest BCUT2D eigenvalue weighted by atomic mass is 10.2. The first-order chi connectivity index (χ1) is 8.90. The second kappa shape index (κ2) is 5.42. The highest BCUT2D eigenvalue weighted by atomic mass is 32.2. The summed E-state index contributed by atoms with van der Waals surface area (Å²) in [4.78, 5) is 0. The van der Waals surface area contributed by atoms with E-state index in [0.29, 0.717) is 18.4 Å². The average molecular weight is 291 g/mol. The molecule has 1 heterocycles. The zero-order valence-corrected chi connectivity index (χ0v) is 11.0. The van der Waals surface area contributed by atoms with Crippen molar-refractivity contribution in [3.63, 3.8) is 0 Å². The number of aromatic hydroxyl groups is 1. The second-order valence-electron chi connectivity index (χ2n) is 4.67. The first-order valence-corrected chi connectivity index (χ1v) is 7.71. The van der Waals surface area contributed by atoms with Crippen molar-refractivity contribution in [2.24, 2.45) is 0 Å². The summed E-state index contributed by atoms with van der Waals surface area (Å²) in [6.07, 6.45) is 1.28. The third kappa shape index (κ3) is 3.22. The van der Waals surface area contributed by atoms with Crippen LogP contribution in [0.25, 0.3) is 0 Å². The topological polar surface area (TPSA) is 66.4 Å². The number of benzene rings is 1. The van der Waals surface area contributed by atoms with Gasteiger partial charge in [-0.25, -0.2) is 17.2 Å². The molecule has 1 aliphatic heterocycles. The number of halogens is 2. The number of phenols is 1. The monoisotopic (exact) mass is 291 g/mol. The van der Waals surface area contributed by atoms with Crippen LogP contribution in [0.2, 0.25) is 0 Å². The Morgan fingerprint density at radius 2 is 1.95 bits per heavy atom. The van der Waals surface area contributed by atoms with E-state index < -0.39 is 32.5 Å². The van der Waals surface area contributed by atoms with Gasteiger partial charge >= 0.3 is 0 Å². The number of rotatable bonds is 4. The van der Waals surface area contributed by atoms with Gasteiger partial charge in [0, 0.05) is 13.1 Å². The van der Waals surface area contributed by atoms with Gasteiger partial charge in [-0.1, -0.05) is 0 Å². The first-order valence-electron chi connectivity index (χ1n) is 5.99. The molecule has 7 heteroatoms. The van der Waals surface area contributed by atoms with E-state index in [9.17, 15) is 17.2 Å². The third-order valence-electron chi connectivity index (χ3n) is 3.24. The molecule has 0 saturated carbocycles. The summed E-state index contributed by atoms with van der Waals surface area (Å²) >= 11 is 0. The lowest BCUT2D eigenvalue weighted by molar-refractivity contribution is 0.395. The van der Waals surface area contributed by atoms with Crippen LogP contribution in [-0.4, -0.2) is 31.1 Å². The van der Waals surface area contributed by atoms with Crippen LogP contribution in [0.4, 0.5) is 8.78 Å². The van der Waals surface area contributed by atoms with Gasteiger partial charge in [-0.05, 0) is 30.5 Å². The maximum atomic E-state index is 13.1. The SMILES string of the molecule is O=S1(=O)CCCC1CNCc1cc(F)c(O)c(F)c1. The van der Waals surface area contributed by atoms with E-state index in [0.717, 1.165) is 12.1 Å². The molecular weight excluding hydrogens is 276 g/mol. The summed E-state index contributed by atoms with van der Waals surface area (Å²) < 4.78 is 49.3. The van der Waals surface area contributed by atoms with E-state index in [1.54, 1.807) is 0 Å². The van der Waals surface area contributed by atoms with Gasteiger partial charge in [0.25, 0.3) is 0 Å². The van der Waals surface area contributed by atoms with Gasteiger partial charge in [-0.3, -0.25) is 0 Å². The van der Waals surface area contributed by atoms with Crippen LogP contribution in [-0.2, 0) is 16.4 Å². The predicted octanol–water partition coefficient (Wildman–Crippen LogP) is 1.34. The fourth-order valence-corrected chi connectivity index (χ4v) is 3.98. The van der Waals surface area contributed by atoms with Gasteiger partial charge in [-0.2, -0.15) is 0 Å². The van der Waals surface area contributed by atoms with Gasteiger partial charge in [-0.15, -0.1) is 0 Å². The van der Waals surface area contributed by atoms with Crippen molar-refractivity contribution in [3.05, 3.63) is 29.3 Å². The molecule has 0 aliphatic carbocycles. The quantitative estimate of drug-likeness (QED) is 0.878. The maximum absolute atomic E-state index is 13.1. The van der Waals surface area contributed by atoms with E-state index in [4.69, 9.17) is 5.11 Å². The molecule has 19 heavy (non-hydrogen) atoms. The maximum Gasteiger partial charge on any atom is 0.187 e. The molecular formula is C12H15F2NO3S. The van der Waals surface area contributed by atoms with Crippen LogP contribution in [0.15, 0.2) is 12.1 Å². The number of nitrogens with one attached hydrogen (secondary N) is 1. The summed E-state index contributed by atoms with van der Waals surface area (Å²) in [5.74, 6) is -2.83. The molecule has 2 N–H and O–H groups in total. The van der Waals surface area contributed by atoms with Gasteiger partial charge in [0.05, 0.1) is 11.0 Å². The van der Waals surface area contributed by atoms with Crippen LogP contribution in [0.1, 0.15) is 18.4 Å². The molecule has 1 fully saturated rings. The van der Waals surface area contributed by atoms with Crippen molar-refractivity contribution >= 4 is 9.84 Å². The smallest absolute Gasteiger partial charge is 0.187 e. The summed E-state index contributed by atoms with van der Waals surface area (Å²) in [7, 11) is -3.02. The van der Waals surface area contributed by atoms with Gasteiger partial charge < -0.3 is 10.4 Å². The molecule has 0 bridgehead atoms. The molecule has 106 valence electrons. The summed E-state index contributed by atoms with van der Waals surface area (Å²) in [5.41, 5.74) is 0.322. The van der Waals surface area contributed by atoms with Crippen molar-refractivity contribution in [2.75, 3.05) is 12.3 Å². The first kappa shape index (κ1) is 14.2. The molecule has 0 spiro atoms. The molecule has 0 radical (unpaired) electrons. The molecule has 0 aromatic heterocycles. The molecule has 1 aromatic rings. The van der Waals surface area contributed by atoms with Crippen molar-refractivity contribution in [1.29, 1.82) is 0 Å². The minimum absolute atomic E-state index is 0.153. The molecule has 4 nitrogen and oxygen atoms in total. The van der Waals surface area contributed by atoms with Gasteiger partial charge in [0.15, 0.2) is 27.2 Å². The Balaban J connectivity index is 1.93. The number of phenolic OH excluding ortho intramolecular Hbond substituents is 1. The van der Waals surface area contributed by atoms with Crippen LogP contribution >= 0.6 is 0 Å². The molecule has 0 amide bonds. The third-order valence-corrected chi connectivity index (χ3v) is 5.52. The average Bonchev–Trinajstić information content (AvgIpc) is 2.66. The van der Waals surface area contributed by atoms with Crippen LogP contribution in [0.3, 0.4) is 0 Å². The molecule has 1 atom stereocenters. The Labute approximate surface area is 110 Å². The van der Waals surface area contributed by atoms with Crippen LogP contribution in [0.5, 0.6) is 5.75 Å². The largest absolute Gasteiger partial charge is 0.503 e. The van der Waals surface area contributed by atoms with Gasteiger partial charge in [0.2, 0.25) is 0 Å². The van der Waals surface area contributed by atoms with Gasteiger partial charge in [0.1, 0.15) is 0 Å². The Hall–Kier alpha value is -1.21. The highest BCUT2D eigenvalue weighted by Gasteiger charge is 2.30. The van der Waals surface area contributed by atoms with Crippen molar-refractivity contribution in [3.8, 4) is 5.75 Å². The van der Waals surface area contributed by atoms with Crippen molar-refractivity contribution in [1.82, 2.24) is 5.32 Å². The standard InChI is InChI=1S/C12H15F2NO3S/c13-10-4-8(5-11(14)12(10)16)6-15-7-9-2-1-3-19(9,17)18/h4-5,9,15-16H,1-3,6-7H2. The van der Waals surface area contributed by atoms with Crippen molar-refractivity contribution < 1.29 is 22.3 Å². The summed E-state index contributed by atoms with van der Waals surface area (Å²) in [6.45, 7) is 0.423. The Morgan fingerprint density at radius 1 is 1.32 bits per heavy atom. The molecule has 1 aliphatic rings. The number of hydrogen-bond acceptors (Lipinski definition) is 4. The Bertz CT molecular complexity index is 551. The molecule has 1 aromatic carbocycles. The highest BCUT2D eigenvalue weighted by molar-refractivity contribution is 7.92. The summed E-state index contributed by atoms with van der Waals surface area (Å²) in [6, 6.07) is 2.04. The zero-order chi connectivity index (χ0) is 14.0. The minimum Gasteiger partial charge on any atom is -0.503 e. The number of hydrogen-bond donors (Lipinski definition) is 2. The highest BCUT2D eigenvalue weighted by Crippen LogP contribution is 2.22. The predicted molar refractivity (Wildman–Crippen MR) is 66.5 cm³/mol. The van der Waals surface area contributed by atoms with Crippen molar-refractivity contribution in [2.45, 2.75) is 24.6 Å². The fourth-order valence-electron chi connectivity index (χ4n) is 2.19. The Kier molecular flexibility index (Phi) is 4.05. The molecule has 1 unspecified atom stereocenters. The van der Waals surface area contributed by atoms with Crippen LogP contribution < -0.4 is 5.32 Å². The minimum atomic E-state index is -3.02. The van der Waals surface area contributed by atoms with E-state index in [1.807, 2.05) is 0 Å². The molecule has 1 saturated heterocycles. The number of sulfone groups is 1. The van der Waals surface area contributed by atoms with Crippen LogP contribution in [0, 0.1) is 11.6 Å². The van der Waals surface area contributed by atoms with E-state index in [-0.39, 0.29) is 18.8 Å². The molecule has 2 rings (SSSR count). The van der Waals surface area contributed by atoms with E-state index in [1.165, 1.54) is 0 Å². The van der Waals surface area contributed by atoms with E-state index >= 15 is 0 Å². The fraction of sp³-hybridized carbons (Fsp3) is 0.500. The normalized spacial score (nSPS) is 21.7. The lowest BCUT2D eigenvalue weighted by Crippen LogP contribution is -2.30. The lowest BCUT2D eigenvalue weighted by Gasteiger charge is -2.11. The van der Waals surface area contributed by atoms with E-state index in [2.05, 4.69) is 5.32 Å².